The maximum Gasteiger partial charge on any atom is 0.339 e. The van der Waals surface area contributed by atoms with Crippen molar-refractivity contribution < 1.29 is 29.6 Å². The number of carboxylic acids is 1. The molecule has 3 N–H and O–H groups in total. The molecule has 6 nitrogen and oxygen atoms in total. The van der Waals surface area contributed by atoms with Gasteiger partial charge in [0.15, 0.2) is 11.5 Å². The van der Waals surface area contributed by atoms with Gasteiger partial charge in [0, 0.05) is 0 Å². The molecular weight excluding hydrogens is 204 g/mol. The number of carbonyl (C=O) groups is 2. The van der Waals surface area contributed by atoms with Crippen molar-refractivity contribution >= 4 is 11.9 Å². The van der Waals surface area contributed by atoms with Crippen LogP contribution < -0.4 is 4.74 Å². The standard InChI is InChI=1S/C9H8O6/c10-4-7(11)15-6-3-1-2-5(8(6)12)9(13)14/h1-3,10,12H,4H2,(H,13,14). The van der Waals surface area contributed by atoms with Gasteiger partial charge in [-0.3, -0.25) is 0 Å². The smallest absolute Gasteiger partial charge is 0.339 e. The van der Waals surface area contributed by atoms with E-state index in [0.717, 1.165) is 6.07 Å². The van der Waals surface area contributed by atoms with Crippen LogP contribution in [0, 0.1) is 0 Å². The third kappa shape index (κ3) is 2.44. The van der Waals surface area contributed by atoms with Gasteiger partial charge in [0.05, 0.1) is 0 Å². The van der Waals surface area contributed by atoms with Gasteiger partial charge in [-0.25, -0.2) is 9.59 Å². The number of aliphatic hydroxyl groups excluding tert-OH is 1. The van der Waals surface area contributed by atoms with Crippen LogP contribution >= 0.6 is 0 Å². The van der Waals surface area contributed by atoms with Gasteiger partial charge in [0.2, 0.25) is 0 Å². The van der Waals surface area contributed by atoms with E-state index < -0.39 is 24.3 Å². The quantitative estimate of drug-likeness (QED) is 0.480. The summed E-state index contributed by atoms with van der Waals surface area (Å²) in [7, 11) is 0. The molecule has 6 heteroatoms. The van der Waals surface area contributed by atoms with Crippen LogP contribution in [0.25, 0.3) is 0 Å². The van der Waals surface area contributed by atoms with E-state index in [1.165, 1.54) is 12.1 Å². The third-order valence-electron chi connectivity index (χ3n) is 1.58. The highest BCUT2D eigenvalue weighted by Crippen LogP contribution is 2.29. The Kier molecular flexibility index (Phi) is 3.25. The van der Waals surface area contributed by atoms with Crippen molar-refractivity contribution in [3.8, 4) is 11.5 Å². The molecule has 0 aliphatic carbocycles. The fourth-order valence-electron chi connectivity index (χ4n) is 0.932. The van der Waals surface area contributed by atoms with E-state index in [0.29, 0.717) is 0 Å². The average Bonchev–Trinajstić information content (AvgIpc) is 2.20. The summed E-state index contributed by atoms with van der Waals surface area (Å²) in [5.74, 6) is -3.26. The molecular formula is C9H8O6. The first-order valence-electron chi connectivity index (χ1n) is 3.93. The minimum atomic E-state index is -1.34. The molecule has 1 aromatic rings. The van der Waals surface area contributed by atoms with Gasteiger partial charge in [-0.05, 0) is 12.1 Å². The zero-order chi connectivity index (χ0) is 11.4. The summed E-state index contributed by atoms with van der Waals surface area (Å²) in [6, 6.07) is 3.69. The Morgan fingerprint density at radius 3 is 2.53 bits per heavy atom. The van der Waals surface area contributed by atoms with E-state index in [9.17, 15) is 14.7 Å². The summed E-state index contributed by atoms with van der Waals surface area (Å²) in [5, 5.41) is 26.4. The Morgan fingerprint density at radius 1 is 1.33 bits per heavy atom. The van der Waals surface area contributed by atoms with E-state index in [4.69, 9.17) is 10.2 Å². The number of aromatic hydroxyl groups is 1. The monoisotopic (exact) mass is 212 g/mol. The number of rotatable bonds is 3. The Labute approximate surface area is 84.3 Å². The Morgan fingerprint density at radius 2 is 2.00 bits per heavy atom. The van der Waals surface area contributed by atoms with E-state index in [2.05, 4.69) is 4.74 Å². The molecule has 80 valence electrons. The summed E-state index contributed by atoms with van der Waals surface area (Å²) < 4.78 is 4.48. The second kappa shape index (κ2) is 4.43. The molecule has 0 aliphatic heterocycles. The van der Waals surface area contributed by atoms with E-state index in [1.54, 1.807) is 0 Å². The molecule has 1 rings (SSSR count). The number of aromatic carboxylic acids is 1. The normalized spacial score (nSPS) is 9.67. The number of hydrogen-bond donors (Lipinski definition) is 3. The van der Waals surface area contributed by atoms with Crippen LogP contribution in [0.3, 0.4) is 0 Å². The van der Waals surface area contributed by atoms with E-state index in [-0.39, 0.29) is 11.3 Å². The third-order valence-corrected chi connectivity index (χ3v) is 1.58. The summed E-state index contributed by atoms with van der Waals surface area (Å²) in [4.78, 5) is 21.3. The predicted octanol–water partition coefficient (Wildman–Crippen LogP) is -0.0119. The van der Waals surface area contributed by atoms with Gasteiger partial charge in [-0.1, -0.05) is 6.07 Å². The minimum absolute atomic E-state index is 0.297. The lowest BCUT2D eigenvalue weighted by atomic mass is 10.2. The summed E-state index contributed by atoms with van der Waals surface area (Å²) in [5.41, 5.74) is -0.377. The summed E-state index contributed by atoms with van der Waals surface area (Å²) >= 11 is 0. The number of para-hydroxylation sites is 1. The summed E-state index contributed by atoms with van der Waals surface area (Å²) in [6.07, 6.45) is 0. The van der Waals surface area contributed by atoms with Gasteiger partial charge in [0.1, 0.15) is 12.2 Å². The second-order valence-electron chi connectivity index (χ2n) is 2.59. The van der Waals surface area contributed by atoms with E-state index in [1.807, 2.05) is 0 Å². The number of ether oxygens (including phenoxy) is 1. The highest BCUT2D eigenvalue weighted by molar-refractivity contribution is 5.92. The molecule has 0 saturated heterocycles. The van der Waals surface area contributed by atoms with Crippen molar-refractivity contribution in [3.05, 3.63) is 23.8 Å². The SMILES string of the molecule is O=C(CO)Oc1cccc(C(=O)O)c1O. The number of benzene rings is 1. The lowest BCUT2D eigenvalue weighted by Crippen LogP contribution is -2.12. The van der Waals surface area contributed by atoms with Crippen LogP contribution in [-0.2, 0) is 4.79 Å². The lowest BCUT2D eigenvalue weighted by Gasteiger charge is -2.06. The topological polar surface area (TPSA) is 104 Å². The largest absolute Gasteiger partial charge is 0.504 e. The van der Waals surface area contributed by atoms with Gasteiger partial charge < -0.3 is 20.1 Å². The lowest BCUT2D eigenvalue weighted by molar-refractivity contribution is -0.137. The molecule has 15 heavy (non-hydrogen) atoms. The molecule has 0 aliphatic rings. The zero-order valence-electron chi connectivity index (χ0n) is 7.51. The van der Waals surface area contributed by atoms with Crippen LogP contribution in [0.5, 0.6) is 11.5 Å². The fraction of sp³-hybridized carbons (Fsp3) is 0.111. The second-order valence-corrected chi connectivity index (χ2v) is 2.59. The maximum atomic E-state index is 10.7. The predicted molar refractivity (Wildman–Crippen MR) is 47.8 cm³/mol. The highest BCUT2D eigenvalue weighted by atomic mass is 16.6. The molecule has 0 unspecified atom stereocenters. The van der Waals surface area contributed by atoms with Crippen molar-refractivity contribution in [3.63, 3.8) is 0 Å². The van der Waals surface area contributed by atoms with Gasteiger partial charge in [0.25, 0.3) is 0 Å². The molecule has 0 spiro atoms. The number of esters is 1. The molecule has 1 aromatic carbocycles. The number of phenols is 1. The fourth-order valence-corrected chi connectivity index (χ4v) is 0.932. The molecule has 0 fully saturated rings. The molecule has 0 saturated carbocycles. The molecule has 0 aromatic heterocycles. The van der Waals surface area contributed by atoms with Gasteiger partial charge in [-0.15, -0.1) is 0 Å². The average molecular weight is 212 g/mol. The zero-order valence-corrected chi connectivity index (χ0v) is 7.51. The maximum absolute atomic E-state index is 10.7. The first-order valence-corrected chi connectivity index (χ1v) is 3.93. The molecule has 0 amide bonds. The van der Waals surface area contributed by atoms with Crippen LogP contribution in [-0.4, -0.2) is 33.9 Å². The van der Waals surface area contributed by atoms with E-state index >= 15 is 0 Å². The van der Waals surface area contributed by atoms with Crippen molar-refractivity contribution in [2.24, 2.45) is 0 Å². The van der Waals surface area contributed by atoms with Crippen molar-refractivity contribution in [1.29, 1.82) is 0 Å². The summed E-state index contributed by atoms with van der Waals surface area (Å²) in [6.45, 7) is -0.850. The highest BCUT2D eigenvalue weighted by Gasteiger charge is 2.15. The van der Waals surface area contributed by atoms with Crippen LogP contribution in [0.4, 0.5) is 0 Å². The molecule has 0 radical (unpaired) electrons. The first kappa shape index (κ1) is 11.0. The van der Waals surface area contributed by atoms with Gasteiger partial charge in [-0.2, -0.15) is 0 Å². The number of carbonyl (C=O) groups excluding carboxylic acids is 1. The Bertz CT molecular complexity index is 398. The number of hydrogen-bond acceptors (Lipinski definition) is 5. The van der Waals surface area contributed by atoms with Crippen LogP contribution in [0.1, 0.15) is 10.4 Å². The molecule has 0 heterocycles. The molecule has 0 atom stereocenters. The Balaban J connectivity index is 3.04. The number of aliphatic hydroxyl groups is 1. The first-order chi connectivity index (χ1) is 7.06. The van der Waals surface area contributed by atoms with Gasteiger partial charge >= 0.3 is 11.9 Å². The minimum Gasteiger partial charge on any atom is -0.504 e. The van der Waals surface area contributed by atoms with Crippen molar-refractivity contribution in [2.75, 3.05) is 6.61 Å². The van der Waals surface area contributed by atoms with Crippen LogP contribution in [0.15, 0.2) is 18.2 Å². The number of carboxylic acid groups (broad SMARTS) is 1. The Hall–Kier alpha value is -2.08. The van der Waals surface area contributed by atoms with Crippen molar-refractivity contribution in [1.82, 2.24) is 0 Å². The van der Waals surface area contributed by atoms with Crippen LogP contribution in [0.2, 0.25) is 0 Å². The van der Waals surface area contributed by atoms with Crippen molar-refractivity contribution in [2.45, 2.75) is 0 Å². The molecule has 0 bridgehead atoms.